The third kappa shape index (κ3) is 4.67. The van der Waals surface area contributed by atoms with Gasteiger partial charge in [0.1, 0.15) is 0 Å². The van der Waals surface area contributed by atoms with E-state index in [1.165, 1.54) is 11.9 Å². The molecule has 2 heterocycles. The third-order valence-corrected chi connectivity index (χ3v) is 4.23. The summed E-state index contributed by atoms with van der Waals surface area (Å²) in [6.45, 7) is 8.41. The maximum Gasteiger partial charge on any atom is 0.287 e. The standard InChI is InChI=1S/C16H29N5O3/c1-5-6-14-17-21(13(2)22)16(24-14)15(23)20-11-9-19(10-12-20)8-7-18(3)4/h16H,5-12H2,1-4H3. The zero-order chi connectivity index (χ0) is 17.7. The van der Waals surface area contributed by atoms with Crippen molar-refractivity contribution < 1.29 is 14.3 Å². The first-order chi connectivity index (χ1) is 11.4. The van der Waals surface area contributed by atoms with Crippen molar-refractivity contribution in [1.29, 1.82) is 0 Å². The molecule has 8 nitrogen and oxygen atoms in total. The molecule has 0 spiro atoms. The Labute approximate surface area is 144 Å². The van der Waals surface area contributed by atoms with Crippen molar-refractivity contribution in [2.75, 3.05) is 53.4 Å². The van der Waals surface area contributed by atoms with Gasteiger partial charge in [-0.2, -0.15) is 5.01 Å². The van der Waals surface area contributed by atoms with Gasteiger partial charge in [0.05, 0.1) is 0 Å². The van der Waals surface area contributed by atoms with E-state index in [2.05, 4.69) is 29.0 Å². The average molecular weight is 339 g/mol. The first-order valence-electron chi connectivity index (χ1n) is 8.62. The van der Waals surface area contributed by atoms with E-state index in [4.69, 9.17) is 4.74 Å². The Morgan fingerprint density at radius 3 is 2.46 bits per heavy atom. The molecule has 136 valence electrons. The highest BCUT2D eigenvalue weighted by atomic mass is 16.5. The summed E-state index contributed by atoms with van der Waals surface area (Å²) in [4.78, 5) is 30.8. The minimum atomic E-state index is -0.933. The fraction of sp³-hybridized carbons (Fsp3) is 0.812. The normalized spacial score (nSPS) is 21.9. The van der Waals surface area contributed by atoms with Crippen molar-refractivity contribution in [3.63, 3.8) is 0 Å². The SMILES string of the molecule is CCCC1=NN(C(C)=O)C(C(=O)N2CCN(CCN(C)C)CC2)O1. The zero-order valence-electron chi connectivity index (χ0n) is 15.2. The van der Waals surface area contributed by atoms with Crippen LogP contribution in [0, 0.1) is 0 Å². The van der Waals surface area contributed by atoms with E-state index in [0.717, 1.165) is 32.6 Å². The van der Waals surface area contributed by atoms with Crippen LogP contribution >= 0.6 is 0 Å². The summed E-state index contributed by atoms with van der Waals surface area (Å²) >= 11 is 0. The van der Waals surface area contributed by atoms with Gasteiger partial charge in [0.15, 0.2) is 0 Å². The Kier molecular flexibility index (Phi) is 6.56. The maximum atomic E-state index is 12.7. The van der Waals surface area contributed by atoms with Gasteiger partial charge in [0, 0.05) is 52.6 Å². The smallest absolute Gasteiger partial charge is 0.287 e. The highest BCUT2D eigenvalue weighted by Gasteiger charge is 2.39. The van der Waals surface area contributed by atoms with Crippen LogP contribution in [0.3, 0.4) is 0 Å². The first-order valence-corrected chi connectivity index (χ1v) is 8.62. The Bertz CT molecular complexity index is 486. The summed E-state index contributed by atoms with van der Waals surface area (Å²) in [6.07, 6.45) is 0.555. The zero-order valence-corrected chi connectivity index (χ0v) is 15.2. The minimum Gasteiger partial charge on any atom is -0.444 e. The van der Waals surface area contributed by atoms with Crippen LogP contribution in [-0.2, 0) is 14.3 Å². The molecule has 2 aliphatic rings. The van der Waals surface area contributed by atoms with Gasteiger partial charge in [-0.05, 0) is 20.5 Å². The molecule has 8 heteroatoms. The predicted octanol–water partition coefficient (Wildman–Crippen LogP) is 0.0106. The van der Waals surface area contributed by atoms with Crippen molar-refractivity contribution in [2.24, 2.45) is 5.10 Å². The molecule has 0 saturated carbocycles. The van der Waals surface area contributed by atoms with Crippen molar-refractivity contribution >= 4 is 17.7 Å². The summed E-state index contributed by atoms with van der Waals surface area (Å²) in [5.41, 5.74) is 0. The largest absolute Gasteiger partial charge is 0.444 e. The topological polar surface area (TPSA) is 68.7 Å². The summed E-state index contributed by atoms with van der Waals surface area (Å²) in [5.74, 6) is 0.0204. The lowest BCUT2D eigenvalue weighted by molar-refractivity contribution is -0.155. The molecule has 0 aromatic carbocycles. The van der Waals surface area contributed by atoms with E-state index in [-0.39, 0.29) is 11.8 Å². The Morgan fingerprint density at radius 2 is 1.92 bits per heavy atom. The molecule has 2 aliphatic heterocycles. The number of carbonyl (C=O) groups excluding carboxylic acids is 2. The summed E-state index contributed by atoms with van der Waals surface area (Å²) in [5, 5.41) is 5.33. The van der Waals surface area contributed by atoms with Crippen LogP contribution in [0.25, 0.3) is 0 Å². The number of hydrogen-bond acceptors (Lipinski definition) is 6. The van der Waals surface area contributed by atoms with Gasteiger partial charge in [-0.1, -0.05) is 6.92 Å². The summed E-state index contributed by atoms with van der Waals surface area (Å²) < 4.78 is 5.64. The molecule has 2 rings (SSSR count). The minimum absolute atomic E-state index is 0.174. The molecular weight excluding hydrogens is 310 g/mol. The lowest BCUT2D eigenvalue weighted by Crippen LogP contribution is -2.55. The lowest BCUT2D eigenvalue weighted by Gasteiger charge is -2.36. The molecule has 0 aromatic heterocycles. The van der Waals surface area contributed by atoms with Crippen LogP contribution < -0.4 is 0 Å². The molecule has 1 unspecified atom stereocenters. The predicted molar refractivity (Wildman–Crippen MR) is 91.3 cm³/mol. The number of hydrogen-bond donors (Lipinski definition) is 0. The van der Waals surface area contributed by atoms with E-state index in [1.54, 1.807) is 4.90 Å². The Morgan fingerprint density at radius 1 is 1.25 bits per heavy atom. The molecule has 1 atom stereocenters. The maximum absolute atomic E-state index is 12.7. The molecule has 0 radical (unpaired) electrons. The van der Waals surface area contributed by atoms with Crippen LogP contribution in [0.1, 0.15) is 26.7 Å². The second-order valence-corrected chi connectivity index (χ2v) is 6.55. The Hall–Kier alpha value is -1.67. The Balaban J connectivity index is 1.89. The van der Waals surface area contributed by atoms with Crippen molar-refractivity contribution in [2.45, 2.75) is 32.9 Å². The molecule has 0 bridgehead atoms. The number of amides is 2. The van der Waals surface area contributed by atoms with E-state index < -0.39 is 6.23 Å². The molecule has 0 N–H and O–H groups in total. The molecule has 0 aliphatic carbocycles. The number of rotatable bonds is 6. The second kappa shape index (κ2) is 8.43. The van der Waals surface area contributed by atoms with Gasteiger partial charge < -0.3 is 14.5 Å². The van der Waals surface area contributed by atoms with Crippen molar-refractivity contribution in [3.05, 3.63) is 0 Å². The van der Waals surface area contributed by atoms with E-state index in [1.807, 2.05) is 6.92 Å². The van der Waals surface area contributed by atoms with Crippen molar-refractivity contribution in [1.82, 2.24) is 19.7 Å². The number of piperazine rings is 1. The van der Waals surface area contributed by atoms with Crippen molar-refractivity contribution in [3.8, 4) is 0 Å². The number of hydrazone groups is 1. The fourth-order valence-electron chi connectivity index (χ4n) is 2.78. The third-order valence-electron chi connectivity index (χ3n) is 4.23. The van der Waals surface area contributed by atoms with Crippen LogP contribution in [-0.4, -0.2) is 97.0 Å². The van der Waals surface area contributed by atoms with E-state index in [9.17, 15) is 9.59 Å². The quantitative estimate of drug-likeness (QED) is 0.682. The average Bonchev–Trinajstić information content (AvgIpc) is 2.97. The van der Waals surface area contributed by atoms with E-state index in [0.29, 0.717) is 25.4 Å². The summed E-state index contributed by atoms with van der Waals surface area (Å²) in [7, 11) is 4.11. The van der Waals surface area contributed by atoms with Gasteiger partial charge >= 0.3 is 0 Å². The van der Waals surface area contributed by atoms with Crippen LogP contribution in [0.15, 0.2) is 5.10 Å². The van der Waals surface area contributed by atoms with Gasteiger partial charge in [0.2, 0.25) is 11.8 Å². The van der Waals surface area contributed by atoms with Gasteiger partial charge in [-0.25, -0.2) is 0 Å². The van der Waals surface area contributed by atoms with Gasteiger partial charge in [-0.3, -0.25) is 14.5 Å². The molecule has 2 amide bonds. The van der Waals surface area contributed by atoms with Crippen LogP contribution in [0.2, 0.25) is 0 Å². The highest BCUT2D eigenvalue weighted by molar-refractivity contribution is 5.91. The lowest BCUT2D eigenvalue weighted by atomic mass is 10.3. The second-order valence-electron chi connectivity index (χ2n) is 6.55. The van der Waals surface area contributed by atoms with Crippen LogP contribution in [0.5, 0.6) is 0 Å². The summed E-state index contributed by atoms with van der Waals surface area (Å²) in [6, 6.07) is 0. The number of ether oxygens (including phenoxy) is 1. The first kappa shape index (κ1) is 18.7. The molecule has 24 heavy (non-hydrogen) atoms. The van der Waals surface area contributed by atoms with Gasteiger partial charge in [-0.15, -0.1) is 5.10 Å². The molecular formula is C16H29N5O3. The number of nitrogens with zero attached hydrogens (tertiary/aromatic N) is 5. The number of carbonyl (C=O) groups is 2. The molecule has 1 fully saturated rings. The molecule has 1 saturated heterocycles. The highest BCUT2D eigenvalue weighted by Crippen LogP contribution is 2.18. The van der Waals surface area contributed by atoms with Crippen LogP contribution in [0.4, 0.5) is 0 Å². The molecule has 0 aromatic rings. The van der Waals surface area contributed by atoms with E-state index >= 15 is 0 Å². The van der Waals surface area contributed by atoms with Gasteiger partial charge in [0.25, 0.3) is 12.1 Å². The fourth-order valence-corrected chi connectivity index (χ4v) is 2.78. The monoisotopic (exact) mass is 339 g/mol. The number of likely N-dealkylation sites (N-methyl/N-ethyl adjacent to an activating group) is 1.